The van der Waals surface area contributed by atoms with Crippen LogP contribution in [-0.4, -0.2) is 38.6 Å². The summed E-state index contributed by atoms with van der Waals surface area (Å²) >= 11 is 0. The molecule has 1 N–H and O–H groups in total. The first-order chi connectivity index (χ1) is 9.63. The first-order valence-electron chi connectivity index (χ1n) is 8.41. The summed E-state index contributed by atoms with van der Waals surface area (Å²) in [4.78, 5) is 1.71. The lowest BCUT2D eigenvalue weighted by atomic mass is 9.74. The minimum atomic E-state index is 0.0244. The van der Waals surface area contributed by atoms with Gasteiger partial charge >= 0.3 is 0 Å². The SMILES string of the molecule is CC1=CC(C)C(C2OCC(C[NH+]3CCCC3)O2)C(C)C1. The molecule has 0 saturated carbocycles. The van der Waals surface area contributed by atoms with Crippen LogP contribution in [-0.2, 0) is 9.47 Å². The van der Waals surface area contributed by atoms with E-state index in [0.29, 0.717) is 23.9 Å². The van der Waals surface area contributed by atoms with E-state index in [1.54, 1.807) is 4.90 Å². The fraction of sp³-hybridized carbons (Fsp3) is 0.882. The minimum Gasteiger partial charge on any atom is -0.349 e. The summed E-state index contributed by atoms with van der Waals surface area (Å²) in [5.41, 5.74) is 1.53. The summed E-state index contributed by atoms with van der Waals surface area (Å²) < 4.78 is 12.3. The van der Waals surface area contributed by atoms with E-state index < -0.39 is 0 Å². The van der Waals surface area contributed by atoms with Crippen molar-refractivity contribution in [1.29, 1.82) is 0 Å². The van der Waals surface area contributed by atoms with Crippen LogP contribution in [0.15, 0.2) is 11.6 Å². The van der Waals surface area contributed by atoms with Crippen LogP contribution in [0.4, 0.5) is 0 Å². The van der Waals surface area contributed by atoms with E-state index in [4.69, 9.17) is 9.47 Å². The van der Waals surface area contributed by atoms with Crippen LogP contribution >= 0.6 is 0 Å². The average molecular weight is 280 g/mol. The van der Waals surface area contributed by atoms with Crippen LogP contribution in [0.5, 0.6) is 0 Å². The normalized spacial score (nSPS) is 43.0. The number of likely N-dealkylation sites (tertiary alicyclic amines) is 1. The van der Waals surface area contributed by atoms with E-state index in [9.17, 15) is 0 Å². The Morgan fingerprint density at radius 1 is 1.25 bits per heavy atom. The molecule has 2 fully saturated rings. The fourth-order valence-corrected chi connectivity index (χ4v) is 4.49. The molecular formula is C17H30NO2+. The van der Waals surface area contributed by atoms with Gasteiger partial charge < -0.3 is 14.4 Å². The maximum atomic E-state index is 6.27. The molecule has 114 valence electrons. The third kappa shape index (κ3) is 3.10. The predicted molar refractivity (Wildman–Crippen MR) is 79.6 cm³/mol. The summed E-state index contributed by atoms with van der Waals surface area (Å²) in [7, 11) is 0. The van der Waals surface area contributed by atoms with Crippen molar-refractivity contribution in [2.24, 2.45) is 17.8 Å². The quantitative estimate of drug-likeness (QED) is 0.794. The first-order valence-corrected chi connectivity index (χ1v) is 8.41. The molecule has 0 aromatic heterocycles. The van der Waals surface area contributed by atoms with Gasteiger partial charge in [0.15, 0.2) is 6.29 Å². The van der Waals surface area contributed by atoms with Crippen LogP contribution in [0.25, 0.3) is 0 Å². The van der Waals surface area contributed by atoms with E-state index >= 15 is 0 Å². The molecule has 5 unspecified atom stereocenters. The van der Waals surface area contributed by atoms with Crippen molar-refractivity contribution < 1.29 is 14.4 Å². The van der Waals surface area contributed by atoms with E-state index in [1.807, 2.05) is 0 Å². The van der Waals surface area contributed by atoms with Gasteiger partial charge in [0.25, 0.3) is 0 Å². The van der Waals surface area contributed by atoms with Gasteiger partial charge in [0.2, 0.25) is 0 Å². The third-order valence-electron chi connectivity index (χ3n) is 5.37. The number of hydrogen-bond acceptors (Lipinski definition) is 2. The molecule has 2 aliphatic heterocycles. The number of quaternary nitrogens is 1. The monoisotopic (exact) mass is 280 g/mol. The lowest BCUT2D eigenvalue weighted by molar-refractivity contribution is -0.890. The summed E-state index contributed by atoms with van der Waals surface area (Å²) in [5.74, 6) is 1.76. The Labute approximate surface area is 123 Å². The summed E-state index contributed by atoms with van der Waals surface area (Å²) in [6, 6.07) is 0. The molecule has 3 rings (SSSR count). The zero-order valence-electron chi connectivity index (χ0n) is 13.2. The highest BCUT2D eigenvalue weighted by molar-refractivity contribution is 5.09. The van der Waals surface area contributed by atoms with E-state index in [-0.39, 0.29) is 6.29 Å². The van der Waals surface area contributed by atoms with Crippen molar-refractivity contribution in [2.45, 2.75) is 52.4 Å². The van der Waals surface area contributed by atoms with Crippen LogP contribution < -0.4 is 4.90 Å². The number of allylic oxidation sites excluding steroid dienone is 2. The van der Waals surface area contributed by atoms with Gasteiger partial charge in [0.05, 0.1) is 19.7 Å². The van der Waals surface area contributed by atoms with Gasteiger partial charge in [-0.2, -0.15) is 0 Å². The minimum absolute atomic E-state index is 0.0244. The Bertz CT molecular complexity index is 362. The van der Waals surface area contributed by atoms with Gasteiger partial charge in [-0.3, -0.25) is 0 Å². The van der Waals surface area contributed by atoms with E-state index in [2.05, 4.69) is 26.8 Å². The molecule has 0 amide bonds. The third-order valence-corrected chi connectivity index (χ3v) is 5.37. The fourth-order valence-electron chi connectivity index (χ4n) is 4.49. The molecule has 3 aliphatic rings. The van der Waals surface area contributed by atoms with Gasteiger partial charge in [0.1, 0.15) is 12.6 Å². The molecule has 0 spiro atoms. The summed E-state index contributed by atoms with van der Waals surface area (Å²) in [6.45, 7) is 11.5. The van der Waals surface area contributed by atoms with Crippen molar-refractivity contribution >= 4 is 0 Å². The van der Waals surface area contributed by atoms with Crippen LogP contribution in [0.3, 0.4) is 0 Å². The van der Waals surface area contributed by atoms with E-state index in [1.165, 1.54) is 37.9 Å². The summed E-state index contributed by atoms with van der Waals surface area (Å²) in [6.07, 6.45) is 6.72. The summed E-state index contributed by atoms with van der Waals surface area (Å²) in [5, 5.41) is 0. The highest BCUT2D eigenvalue weighted by atomic mass is 16.7. The van der Waals surface area contributed by atoms with Crippen LogP contribution in [0.1, 0.15) is 40.0 Å². The van der Waals surface area contributed by atoms with Crippen molar-refractivity contribution in [1.82, 2.24) is 0 Å². The van der Waals surface area contributed by atoms with Crippen molar-refractivity contribution in [2.75, 3.05) is 26.2 Å². The molecule has 0 radical (unpaired) electrons. The largest absolute Gasteiger partial charge is 0.349 e. The number of nitrogens with one attached hydrogen (secondary N) is 1. The Hall–Kier alpha value is -0.380. The highest BCUT2D eigenvalue weighted by Crippen LogP contribution is 2.38. The topological polar surface area (TPSA) is 22.9 Å². The molecule has 20 heavy (non-hydrogen) atoms. The van der Waals surface area contributed by atoms with E-state index in [0.717, 1.165) is 13.2 Å². The molecule has 3 nitrogen and oxygen atoms in total. The average Bonchev–Trinajstić information content (AvgIpc) is 3.00. The Morgan fingerprint density at radius 3 is 2.70 bits per heavy atom. The smallest absolute Gasteiger partial charge is 0.162 e. The second-order valence-corrected chi connectivity index (χ2v) is 7.25. The van der Waals surface area contributed by atoms with Crippen molar-refractivity contribution in [3.05, 3.63) is 11.6 Å². The zero-order chi connectivity index (χ0) is 14.1. The molecule has 5 atom stereocenters. The molecule has 0 aromatic rings. The second kappa shape index (κ2) is 6.17. The van der Waals surface area contributed by atoms with Crippen molar-refractivity contribution in [3.63, 3.8) is 0 Å². The maximum Gasteiger partial charge on any atom is 0.162 e. The lowest BCUT2D eigenvalue weighted by Crippen LogP contribution is -3.11. The Kier molecular flexibility index (Phi) is 4.49. The second-order valence-electron chi connectivity index (χ2n) is 7.25. The van der Waals surface area contributed by atoms with Gasteiger partial charge in [0, 0.05) is 18.8 Å². The van der Waals surface area contributed by atoms with Crippen LogP contribution in [0, 0.1) is 17.8 Å². The Balaban J connectivity index is 1.56. The Morgan fingerprint density at radius 2 is 2.00 bits per heavy atom. The molecule has 1 aliphatic carbocycles. The number of rotatable bonds is 3. The zero-order valence-corrected chi connectivity index (χ0v) is 13.2. The van der Waals surface area contributed by atoms with Gasteiger partial charge in [-0.1, -0.05) is 25.5 Å². The maximum absolute atomic E-state index is 6.27. The molecule has 0 bridgehead atoms. The van der Waals surface area contributed by atoms with Gasteiger partial charge in [-0.25, -0.2) is 0 Å². The molecule has 3 heteroatoms. The predicted octanol–water partition coefficient (Wildman–Crippen LogP) is 1.64. The highest BCUT2D eigenvalue weighted by Gasteiger charge is 2.40. The molecular weight excluding hydrogens is 250 g/mol. The lowest BCUT2D eigenvalue weighted by Gasteiger charge is -2.36. The molecule has 0 aromatic carbocycles. The van der Waals surface area contributed by atoms with Gasteiger partial charge in [-0.05, 0) is 25.2 Å². The molecule has 2 saturated heterocycles. The first kappa shape index (κ1) is 14.6. The van der Waals surface area contributed by atoms with Crippen molar-refractivity contribution in [3.8, 4) is 0 Å². The van der Waals surface area contributed by atoms with Gasteiger partial charge in [-0.15, -0.1) is 0 Å². The molecule has 2 heterocycles. The standard InChI is InChI=1S/C17H29NO2/c1-12-8-13(2)16(14(3)9-12)17-19-11-15(20-17)10-18-6-4-5-7-18/h8,13-17H,4-7,9-11H2,1-3H3/p+1. The number of hydrogen-bond donors (Lipinski definition) is 1. The number of ether oxygens (including phenoxy) is 2. The van der Waals surface area contributed by atoms with Crippen LogP contribution in [0.2, 0.25) is 0 Å².